The summed E-state index contributed by atoms with van der Waals surface area (Å²) >= 11 is 0. The zero-order valence-electron chi connectivity index (χ0n) is 10.1. The van der Waals surface area contributed by atoms with Gasteiger partial charge in [0.15, 0.2) is 0 Å². The number of hydrogen-bond acceptors (Lipinski definition) is 2. The van der Waals surface area contributed by atoms with Crippen molar-refractivity contribution in [3.8, 4) is 0 Å². The van der Waals surface area contributed by atoms with E-state index in [0.29, 0.717) is 6.04 Å². The highest BCUT2D eigenvalue weighted by Gasteiger charge is 2.29. The Morgan fingerprint density at radius 3 is 2.53 bits per heavy atom. The highest BCUT2D eigenvalue weighted by Crippen LogP contribution is 2.28. The van der Waals surface area contributed by atoms with Crippen molar-refractivity contribution in [2.24, 2.45) is 11.7 Å². The van der Waals surface area contributed by atoms with Crippen molar-refractivity contribution in [2.45, 2.75) is 64.0 Å². The molecule has 88 valence electrons. The SMILES string of the molecule is CCCC1CCN(C2CCC(N)CC2)C1. The van der Waals surface area contributed by atoms with Gasteiger partial charge in [0.2, 0.25) is 0 Å². The van der Waals surface area contributed by atoms with E-state index in [0.717, 1.165) is 12.0 Å². The van der Waals surface area contributed by atoms with Crippen LogP contribution in [0, 0.1) is 5.92 Å². The van der Waals surface area contributed by atoms with Crippen molar-refractivity contribution in [3.63, 3.8) is 0 Å². The smallest absolute Gasteiger partial charge is 0.00965 e. The Kier molecular flexibility index (Phi) is 4.04. The van der Waals surface area contributed by atoms with Crippen LogP contribution in [0.15, 0.2) is 0 Å². The molecule has 1 saturated carbocycles. The van der Waals surface area contributed by atoms with E-state index < -0.39 is 0 Å². The van der Waals surface area contributed by atoms with Gasteiger partial charge in [0.05, 0.1) is 0 Å². The predicted molar refractivity (Wildman–Crippen MR) is 64.8 cm³/mol. The predicted octanol–water partition coefficient (Wildman–Crippen LogP) is 2.38. The van der Waals surface area contributed by atoms with E-state index >= 15 is 0 Å². The first kappa shape index (κ1) is 11.4. The summed E-state index contributed by atoms with van der Waals surface area (Å²) in [6.45, 7) is 5.03. The van der Waals surface area contributed by atoms with Crippen molar-refractivity contribution in [2.75, 3.05) is 13.1 Å². The largest absolute Gasteiger partial charge is 0.328 e. The summed E-state index contributed by atoms with van der Waals surface area (Å²) < 4.78 is 0. The molecule has 0 aromatic carbocycles. The van der Waals surface area contributed by atoms with Gasteiger partial charge in [-0.1, -0.05) is 13.3 Å². The first-order valence-electron chi connectivity index (χ1n) is 6.79. The second-order valence-electron chi connectivity index (χ2n) is 5.51. The maximum Gasteiger partial charge on any atom is 0.00965 e. The minimum absolute atomic E-state index is 0.496. The van der Waals surface area contributed by atoms with E-state index in [-0.39, 0.29) is 0 Å². The monoisotopic (exact) mass is 210 g/mol. The molecule has 2 aliphatic rings. The highest BCUT2D eigenvalue weighted by molar-refractivity contribution is 4.85. The van der Waals surface area contributed by atoms with Gasteiger partial charge in [0, 0.05) is 18.6 Å². The molecule has 0 radical (unpaired) electrons. The molecule has 1 atom stereocenters. The van der Waals surface area contributed by atoms with Gasteiger partial charge < -0.3 is 10.6 Å². The number of nitrogens with zero attached hydrogens (tertiary/aromatic N) is 1. The molecule has 0 bridgehead atoms. The van der Waals surface area contributed by atoms with E-state index in [1.807, 2.05) is 0 Å². The van der Waals surface area contributed by atoms with Gasteiger partial charge in [0.1, 0.15) is 0 Å². The second-order valence-corrected chi connectivity index (χ2v) is 5.51. The average molecular weight is 210 g/mol. The van der Waals surface area contributed by atoms with E-state index in [1.165, 1.54) is 58.0 Å². The van der Waals surface area contributed by atoms with Crippen LogP contribution in [0.5, 0.6) is 0 Å². The lowest BCUT2D eigenvalue weighted by Gasteiger charge is -2.33. The third-order valence-corrected chi connectivity index (χ3v) is 4.27. The quantitative estimate of drug-likeness (QED) is 0.775. The molecule has 1 aliphatic heterocycles. The zero-order chi connectivity index (χ0) is 10.7. The Morgan fingerprint density at radius 2 is 1.87 bits per heavy atom. The van der Waals surface area contributed by atoms with Crippen LogP contribution in [0.1, 0.15) is 51.9 Å². The van der Waals surface area contributed by atoms with Crippen molar-refractivity contribution < 1.29 is 0 Å². The lowest BCUT2D eigenvalue weighted by molar-refractivity contribution is 0.176. The molecule has 0 amide bonds. The Hall–Kier alpha value is -0.0800. The molecule has 0 aromatic rings. The maximum atomic E-state index is 5.95. The van der Waals surface area contributed by atoms with Crippen molar-refractivity contribution in [1.29, 1.82) is 0 Å². The van der Waals surface area contributed by atoms with Gasteiger partial charge in [-0.05, 0) is 51.0 Å². The highest BCUT2D eigenvalue weighted by atomic mass is 15.2. The third-order valence-electron chi connectivity index (χ3n) is 4.27. The topological polar surface area (TPSA) is 29.3 Å². The van der Waals surface area contributed by atoms with Crippen LogP contribution < -0.4 is 5.73 Å². The molecular formula is C13H26N2. The molecule has 2 N–H and O–H groups in total. The molecule has 2 fully saturated rings. The molecule has 1 saturated heterocycles. The fraction of sp³-hybridized carbons (Fsp3) is 1.00. The molecule has 0 spiro atoms. The molecule has 15 heavy (non-hydrogen) atoms. The van der Waals surface area contributed by atoms with Crippen molar-refractivity contribution in [1.82, 2.24) is 4.90 Å². The molecule has 2 heteroatoms. The van der Waals surface area contributed by atoms with E-state index in [1.54, 1.807) is 0 Å². The standard InChI is InChI=1S/C13H26N2/c1-2-3-11-8-9-15(10-11)13-6-4-12(14)5-7-13/h11-13H,2-10,14H2,1H3. The Balaban J connectivity index is 1.75. The van der Waals surface area contributed by atoms with Crippen LogP contribution in [0.4, 0.5) is 0 Å². The molecule has 2 rings (SSSR count). The van der Waals surface area contributed by atoms with E-state index in [9.17, 15) is 0 Å². The molecule has 1 heterocycles. The normalized spacial score (nSPS) is 38.4. The van der Waals surface area contributed by atoms with Crippen LogP contribution in [0.25, 0.3) is 0 Å². The summed E-state index contributed by atoms with van der Waals surface area (Å²) in [6, 6.07) is 1.36. The fourth-order valence-electron chi connectivity index (χ4n) is 3.30. The Bertz CT molecular complexity index is 185. The first-order valence-corrected chi connectivity index (χ1v) is 6.79. The number of nitrogens with two attached hydrogens (primary N) is 1. The first-order chi connectivity index (χ1) is 7.29. The van der Waals surface area contributed by atoms with Crippen LogP contribution in [0.3, 0.4) is 0 Å². The van der Waals surface area contributed by atoms with Gasteiger partial charge in [0.25, 0.3) is 0 Å². The summed E-state index contributed by atoms with van der Waals surface area (Å²) in [5.74, 6) is 0.991. The van der Waals surface area contributed by atoms with Gasteiger partial charge in [-0.15, -0.1) is 0 Å². The van der Waals surface area contributed by atoms with Crippen molar-refractivity contribution in [3.05, 3.63) is 0 Å². The fourth-order valence-corrected chi connectivity index (χ4v) is 3.30. The van der Waals surface area contributed by atoms with E-state index in [4.69, 9.17) is 5.73 Å². The number of hydrogen-bond donors (Lipinski definition) is 1. The van der Waals surface area contributed by atoms with Gasteiger partial charge in [-0.25, -0.2) is 0 Å². The van der Waals surface area contributed by atoms with Crippen LogP contribution in [-0.4, -0.2) is 30.1 Å². The van der Waals surface area contributed by atoms with Gasteiger partial charge in [-0.3, -0.25) is 0 Å². The molecule has 0 aromatic heterocycles. The molecule has 2 nitrogen and oxygen atoms in total. The second kappa shape index (κ2) is 5.31. The van der Waals surface area contributed by atoms with Crippen LogP contribution in [-0.2, 0) is 0 Å². The van der Waals surface area contributed by atoms with Gasteiger partial charge >= 0.3 is 0 Å². The number of likely N-dealkylation sites (tertiary alicyclic amines) is 1. The summed E-state index contributed by atoms with van der Waals surface area (Å²) in [4.78, 5) is 2.74. The molecule has 1 aliphatic carbocycles. The summed E-state index contributed by atoms with van der Waals surface area (Å²) in [5.41, 5.74) is 5.95. The summed E-state index contributed by atoms with van der Waals surface area (Å²) in [6.07, 6.45) is 9.42. The number of rotatable bonds is 3. The minimum atomic E-state index is 0.496. The molecule has 1 unspecified atom stereocenters. The Morgan fingerprint density at radius 1 is 1.13 bits per heavy atom. The summed E-state index contributed by atoms with van der Waals surface area (Å²) in [7, 11) is 0. The lowest BCUT2D eigenvalue weighted by Crippen LogP contribution is -2.39. The average Bonchev–Trinajstić information content (AvgIpc) is 2.68. The zero-order valence-corrected chi connectivity index (χ0v) is 10.1. The van der Waals surface area contributed by atoms with E-state index in [2.05, 4.69) is 11.8 Å². The molecular weight excluding hydrogens is 184 g/mol. The minimum Gasteiger partial charge on any atom is -0.328 e. The third kappa shape index (κ3) is 2.94. The maximum absolute atomic E-state index is 5.95. The van der Waals surface area contributed by atoms with Crippen LogP contribution in [0.2, 0.25) is 0 Å². The van der Waals surface area contributed by atoms with Gasteiger partial charge in [-0.2, -0.15) is 0 Å². The lowest BCUT2D eigenvalue weighted by atomic mass is 9.91. The Labute approximate surface area is 94.2 Å². The summed E-state index contributed by atoms with van der Waals surface area (Å²) in [5, 5.41) is 0. The van der Waals surface area contributed by atoms with Crippen LogP contribution >= 0.6 is 0 Å². The van der Waals surface area contributed by atoms with Crippen molar-refractivity contribution >= 4 is 0 Å².